The highest BCUT2D eigenvalue weighted by atomic mass is 127. The van der Waals surface area contributed by atoms with E-state index in [2.05, 4.69) is 37.9 Å². The molecule has 308 valence electrons. The minimum Gasteiger partial charge on any atom is -0.384 e. The van der Waals surface area contributed by atoms with Crippen molar-refractivity contribution in [2.75, 3.05) is 50.7 Å². The van der Waals surface area contributed by atoms with Gasteiger partial charge in [-0.25, -0.2) is 44.2 Å². The lowest BCUT2D eigenvalue weighted by atomic mass is 10.0. The van der Waals surface area contributed by atoms with Gasteiger partial charge in [-0.2, -0.15) is 0 Å². The molecule has 6 aromatic rings. The number of ketones is 2. The Labute approximate surface area is 354 Å². The molecule has 0 fully saturated rings. The molecular weight excluding hydrogens is 918 g/mol. The van der Waals surface area contributed by atoms with E-state index in [1.807, 2.05) is 0 Å². The van der Waals surface area contributed by atoms with Crippen LogP contribution in [-0.4, -0.2) is 75.2 Å². The van der Waals surface area contributed by atoms with Crippen molar-refractivity contribution in [2.24, 2.45) is 0 Å². The molecule has 0 unspecified atom stereocenters. The molecule has 6 rings (SSSR count). The number of nitrogen functional groups attached to an aromatic ring is 3. The SMILES string of the molecule is CN(C)S(=O)(=O)c1ccc(I)cc1.CN(C)S(=O)(=O)c1ccc(Nc2ccc(C(=O)c3ccccc3F)c(N)n2)cc1.Nc1ccc(C(=O)c2ccccc2F)c(N)n1. The number of benzene rings is 4. The average Bonchev–Trinajstić information content (AvgIpc) is 3.19. The van der Waals surface area contributed by atoms with Gasteiger partial charge in [0.15, 0.2) is 11.6 Å². The zero-order valence-electron chi connectivity index (χ0n) is 32.0. The van der Waals surface area contributed by atoms with E-state index < -0.39 is 43.2 Å². The van der Waals surface area contributed by atoms with Gasteiger partial charge in [-0.3, -0.25) is 9.59 Å². The van der Waals surface area contributed by atoms with Crippen molar-refractivity contribution in [1.82, 2.24) is 18.6 Å². The molecule has 19 heteroatoms. The van der Waals surface area contributed by atoms with Gasteiger partial charge in [-0.1, -0.05) is 24.3 Å². The van der Waals surface area contributed by atoms with Crippen molar-refractivity contribution in [1.29, 1.82) is 0 Å². The summed E-state index contributed by atoms with van der Waals surface area (Å²) in [5.74, 6) is -1.76. The summed E-state index contributed by atoms with van der Waals surface area (Å²) in [6, 6.07) is 30.1. The molecule has 14 nitrogen and oxygen atoms in total. The van der Waals surface area contributed by atoms with Crippen LogP contribution in [0.25, 0.3) is 0 Å². The number of nitrogens with two attached hydrogens (primary N) is 3. The van der Waals surface area contributed by atoms with Gasteiger partial charge in [0.2, 0.25) is 20.0 Å². The van der Waals surface area contributed by atoms with Crippen molar-refractivity contribution < 1.29 is 35.2 Å². The van der Waals surface area contributed by atoms with E-state index in [9.17, 15) is 35.2 Å². The summed E-state index contributed by atoms with van der Waals surface area (Å²) in [7, 11) is -0.824. The first kappa shape index (κ1) is 45.8. The molecule has 0 aliphatic rings. The third-order valence-corrected chi connectivity index (χ3v) is 12.5. The molecule has 0 spiro atoms. The van der Waals surface area contributed by atoms with E-state index in [1.165, 1.54) is 105 Å². The standard InChI is InChI=1S/C20H19FN4O3S.C12H10FN3O.C8H10INO2S/c1-25(2)29(27,28)14-9-7-13(8-10-14)23-18-12-11-16(20(22)24-18)19(26)15-5-3-4-6-17(15)21;13-9-4-2-1-3-7(9)11(17)8-5-6-10(14)16-12(8)15;1-10(2)13(11,12)8-5-3-7(9)4-6-8/h3-12H,1-2H3,(H3,22,23,24);1-6H,(H4,14,15,16);3-6H,1-2H3. The second-order valence-corrected chi connectivity index (χ2v) is 18.1. The number of sulfonamides is 2. The number of nitrogens with zero attached hydrogens (tertiary/aromatic N) is 4. The fourth-order valence-corrected chi connectivity index (χ4v) is 7.05. The van der Waals surface area contributed by atoms with Crippen LogP contribution in [0.1, 0.15) is 31.8 Å². The topological polar surface area (TPSA) is 225 Å². The second-order valence-electron chi connectivity index (χ2n) is 12.6. The van der Waals surface area contributed by atoms with Crippen LogP contribution in [0.15, 0.2) is 131 Å². The predicted octanol–water partition coefficient (Wildman–Crippen LogP) is 6.19. The molecule has 4 aromatic carbocycles. The lowest BCUT2D eigenvalue weighted by molar-refractivity contribution is 0.102. The van der Waals surface area contributed by atoms with E-state index in [0.29, 0.717) is 16.4 Å². The number of aromatic nitrogens is 2. The number of nitrogens with one attached hydrogen (secondary N) is 1. The van der Waals surface area contributed by atoms with Gasteiger partial charge >= 0.3 is 0 Å². The molecule has 0 atom stereocenters. The van der Waals surface area contributed by atoms with Crippen molar-refractivity contribution >= 4 is 83.2 Å². The number of carbonyl (C=O) groups excluding carboxylic acids is 2. The maximum atomic E-state index is 13.9. The first-order chi connectivity index (χ1) is 27.7. The highest BCUT2D eigenvalue weighted by molar-refractivity contribution is 14.1. The fraction of sp³-hybridized carbons (Fsp3) is 0.100. The third-order valence-electron chi connectivity index (χ3n) is 8.09. The largest absolute Gasteiger partial charge is 0.384 e. The summed E-state index contributed by atoms with van der Waals surface area (Å²) in [5, 5.41) is 2.99. The minimum absolute atomic E-state index is 0.00162. The zero-order chi connectivity index (χ0) is 43.7. The molecule has 2 heterocycles. The number of rotatable bonds is 10. The van der Waals surface area contributed by atoms with Gasteiger partial charge in [0.05, 0.1) is 32.0 Å². The van der Waals surface area contributed by atoms with Crippen molar-refractivity contribution in [2.45, 2.75) is 9.79 Å². The van der Waals surface area contributed by atoms with Crippen LogP contribution < -0.4 is 22.5 Å². The highest BCUT2D eigenvalue weighted by Crippen LogP contribution is 2.24. The monoisotopic (exact) mass is 956 g/mol. The van der Waals surface area contributed by atoms with Crippen LogP contribution in [-0.2, 0) is 20.0 Å². The van der Waals surface area contributed by atoms with Crippen LogP contribution in [0.4, 0.5) is 37.7 Å². The molecule has 0 aliphatic carbocycles. The van der Waals surface area contributed by atoms with E-state index in [-0.39, 0.29) is 44.6 Å². The van der Waals surface area contributed by atoms with Crippen LogP contribution in [0.2, 0.25) is 0 Å². The summed E-state index contributed by atoms with van der Waals surface area (Å²) in [6.07, 6.45) is 0. The quantitative estimate of drug-likeness (QED) is 0.0892. The minimum atomic E-state index is -3.52. The van der Waals surface area contributed by atoms with Gasteiger partial charge < -0.3 is 22.5 Å². The molecule has 59 heavy (non-hydrogen) atoms. The van der Waals surface area contributed by atoms with E-state index >= 15 is 0 Å². The number of hydrogen-bond acceptors (Lipinski definition) is 12. The second kappa shape index (κ2) is 19.7. The third kappa shape index (κ3) is 11.6. The van der Waals surface area contributed by atoms with Gasteiger partial charge in [0.1, 0.15) is 34.9 Å². The van der Waals surface area contributed by atoms with Gasteiger partial charge in [0, 0.05) is 37.4 Å². The van der Waals surface area contributed by atoms with Gasteiger partial charge in [0.25, 0.3) is 0 Å². The number of carbonyl (C=O) groups is 2. The van der Waals surface area contributed by atoms with Gasteiger partial charge in [-0.05, 0) is 120 Å². The number of hydrogen-bond donors (Lipinski definition) is 4. The molecule has 0 saturated carbocycles. The Hall–Kier alpha value is -5.87. The first-order valence-corrected chi connectivity index (χ1v) is 21.0. The van der Waals surface area contributed by atoms with Crippen LogP contribution in [0.3, 0.4) is 0 Å². The Morgan fingerprint density at radius 2 is 0.966 bits per heavy atom. The highest BCUT2D eigenvalue weighted by Gasteiger charge is 2.20. The average molecular weight is 957 g/mol. The first-order valence-electron chi connectivity index (χ1n) is 17.1. The zero-order valence-corrected chi connectivity index (χ0v) is 35.8. The Morgan fingerprint density at radius 3 is 1.37 bits per heavy atom. The number of halogens is 3. The van der Waals surface area contributed by atoms with E-state index in [1.54, 1.807) is 48.5 Å². The van der Waals surface area contributed by atoms with E-state index in [0.717, 1.165) is 7.88 Å². The maximum Gasteiger partial charge on any atom is 0.242 e. The van der Waals surface area contributed by atoms with Crippen molar-refractivity contribution in [3.63, 3.8) is 0 Å². The molecule has 2 aromatic heterocycles. The van der Waals surface area contributed by atoms with E-state index in [4.69, 9.17) is 17.2 Å². The smallest absolute Gasteiger partial charge is 0.242 e. The molecule has 0 radical (unpaired) electrons. The molecule has 0 aliphatic heterocycles. The van der Waals surface area contributed by atoms with Crippen LogP contribution in [0, 0.1) is 15.2 Å². The number of anilines is 5. The summed E-state index contributed by atoms with van der Waals surface area (Å²) in [5.41, 5.74) is 17.6. The molecule has 0 saturated heterocycles. The Morgan fingerprint density at radius 1 is 0.559 bits per heavy atom. The predicted molar refractivity (Wildman–Crippen MR) is 232 cm³/mol. The summed E-state index contributed by atoms with van der Waals surface area (Å²) in [6.45, 7) is 0. The molecular formula is C40H39F2IN8O6S2. The summed E-state index contributed by atoms with van der Waals surface area (Å²) < 4.78 is 78.0. The van der Waals surface area contributed by atoms with Crippen molar-refractivity contribution in [3.8, 4) is 0 Å². The lowest BCUT2D eigenvalue weighted by Crippen LogP contribution is -2.22. The van der Waals surface area contributed by atoms with Gasteiger partial charge in [-0.15, -0.1) is 0 Å². The summed E-state index contributed by atoms with van der Waals surface area (Å²) in [4.78, 5) is 32.9. The van der Waals surface area contributed by atoms with Crippen molar-refractivity contribution in [3.05, 3.63) is 159 Å². The Balaban J connectivity index is 0.000000216. The van der Waals surface area contributed by atoms with Crippen LogP contribution >= 0.6 is 22.6 Å². The maximum absolute atomic E-state index is 13.9. The fourth-order valence-electron chi connectivity index (χ4n) is 4.89. The number of pyridine rings is 2. The normalized spacial score (nSPS) is 11.2. The van der Waals surface area contributed by atoms with Crippen LogP contribution in [0.5, 0.6) is 0 Å². The Kier molecular flexibility index (Phi) is 15.3. The molecule has 0 amide bonds. The lowest BCUT2D eigenvalue weighted by Gasteiger charge is -2.12. The molecule has 7 N–H and O–H groups in total. The Bertz CT molecular complexity index is 2690. The molecule has 0 bridgehead atoms. The summed E-state index contributed by atoms with van der Waals surface area (Å²) >= 11 is 2.13.